The molecule has 2 aromatic rings. The zero-order valence-electron chi connectivity index (χ0n) is 13.0. The summed E-state index contributed by atoms with van der Waals surface area (Å²) in [5.41, 5.74) is 2.16. The standard InChI is InChI=1S/C18H15FN2O2S/c1-12-6-2-5-9-15(12)20-11-21-17(22)16(24-18(21)23)10-13-7-3-4-8-14(13)19/h2-10,20H,11H2,1H3/b16-10+. The number of anilines is 1. The van der Waals surface area contributed by atoms with E-state index in [1.807, 2.05) is 31.2 Å². The third-order valence-electron chi connectivity index (χ3n) is 3.64. The summed E-state index contributed by atoms with van der Waals surface area (Å²) in [6, 6.07) is 13.7. The molecule has 24 heavy (non-hydrogen) atoms. The van der Waals surface area contributed by atoms with Gasteiger partial charge in [-0.3, -0.25) is 14.5 Å². The molecule has 1 aliphatic heterocycles. The second kappa shape index (κ2) is 6.88. The molecular weight excluding hydrogens is 327 g/mol. The highest BCUT2D eigenvalue weighted by Crippen LogP contribution is 2.32. The van der Waals surface area contributed by atoms with Crippen molar-refractivity contribution in [3.8, 4) is 0 Å². The second-order valence-corrected chi connectivity index (χ2v) is 6.27. The topological polar surface area (TPSA) is 49.4 Å². The molecule has 0 atom stereocenters. The predicted molar refractivity (Wildman–Crippen MR) is 93.9 cm³/mol. The first kappa shape index (κ1) is 16.3. The van der Waals surface area contributed by atoms with E-state index in [1.54, 1.807) is 18.2 Å². The van der Waals surface area contributed by atoms with Gasteiger partial charge in [-0.15, -0.1) is 0 Å². The highest BCUT2D eigenvalue weighted by Gasteiger charge is 2.35. The maximum atomic E-state index is 13.7. The summed E-state index contributed by atoms with van der Waals surface area (Å²) in [5.74, 6) is -0.850. The molecule has 1 N–H and O–H groups in total. The number of carbonyl (C=O) groups excluding carboxylic acids is 2. The molecule has 0 radical (unpaired) electrons. The summed E-state index contributed by atoms with van der Waals surface area (Å²) in [4.78, 5) is 25.8. The molecule has 0 unspecified atom stereocenters. The van der Waals surface area contributed by atoms with Gasteiger partial charge in [-0.25, -0.2) is 4.39 Å². The Kier molecular flexibility index (Phi) is 4.66. The van der Waals surface area contributed by atoms with Crippen molar-refractivity contribution in [3.05, 3.63) is 70.4 Å². The number of imide groups is 1. The number of para-hydroxylation sites is 1. The van der Waals surface area contributed by atoms with Crippen LogP contribution in [-0.4, -0.2) is 22.7 Å². The molecule has 2 aromatic carbocycles. The summed E-state index contributed by atoms with van der Waals surface area (Å²) < 4.78 is 13.7. The van der Waals surface area contributed by atoms with Gasteiger partial charge >= 0.3 is 0 Å². The van der Waals surface area contributed by atoms with E-state index in [1.165, 1.54) is 12.1 Å². The first-order valence-electron chi connectivity index (χ1n) is 7.35. The van der Waals surface area contributed by atoms with Crippen molar-refractivity contribution in [3.63, 3.8) is 0 Å². The summed E-state index contributed by atoms with van der Waals surface area (Å²) in [5, 5.41) is 2.71. The van der Waals surface area contributed by atoms with Crippen LogP contribution in [0.1, 0.15) is 11.1 Å². The van der Waals surface area contributed by atoms with Crippen molar-refractivity contribution in [2.24, 2.45) is 0 Å². The highest BCUT2D eigenvalue weighted by atomic mass is 32.2. The number of benzene rings is 2. The summed E-state index contributed by atoms with van der Waals surface area (Å²) >= 11 is 0.817. The lowest BCUT2D eigenvalue weighted by atomic mass is 10.2. The fourth-order valence-corrected chi connectivity index (χ4v) is 3.13. The van der Waals surface area contributed by atoms with Crippen molar-refractivity contribution < 1.29 is 14.0 Å². The maximum absolute atomic E-state index is 13.7. The molecule has 4 nitrogen and oxygen atoms in total. The number of hydrogen-bond donors (Lipinski definition) is 1. The zero-order chi connectivity index (χ0) is 17.1. The van der Waals surface area contributed by atoms with Crippen molar-refractivity contribution in [1.29, 1.82) is 0 Å². The number of halogens is 1. The van der Waals surface area contributed by atoms with Gasteiger partial charge in [-0.05, 0) is 42.5 Å². The number of nitrogens with one attached hydrogen (secondary N) is 1. The van der Waals surface area contributed by atoms with E-state index in [4.69, 9.17) is 0 Å². The van der Waals surface area contributed by atoms with Crippen LogP contribution in [0.5, 0.6) is 0 Å². The molecule has 1 heterocycles. The third-order valence-corrected chi connectivity index (χ3v) is 4.55. The highest BCUT2D eigenvalue weighted by molar-refractivity contribution is 8.18. The van der Waals surface area contributed by atoms with Gasteiger partial charge in [0.15, 0.2) is 0 Å². The number of hydrogen-bond acceptors (Lipinski definition) is 4. The minimum Gasteiger partial charge on any atom is -0.367 e. The van der Waals surface area contributed by atoms with Crippen LogP contribution in [0.4, 0.5) is 14.9 Å². The molecule has 0 aromatic heterocycles. The number of thioether (sulfide) groups is 1. The fraction of sp³-hybridized carbons (Fsp3) is 0.111. The first-order chi connectivity index (χ1) is 11.6. The molecular formula is C18H15FN2O2S. The quantitative estimate of drug-likeness (QED) is 0.845. The lowest BCUT2D eigenvalue weighted by molar-refractivity contribution is -0.122. The maximum Gasteiger partial charge on any atom is 0.295 e. The molecule has 1 fully saturated rings. The molecule has 3 rings (SSSR count). The van der Waals surface area contributed by atoms with Crippen LogP contribution >= 0.6 is 11.8 Å². The summed E-state index contributed by atoms with van der Waals surface area (Å²) in [7, 11) is 0. The normalized spacial score (nSPS) is 16.1. The Morgan fingerprint density at radius 2 is 1.83 bits per heavy atom. The number of amides is 2. The molecule has 0 aliphatic carbocycles. The monoisotopic (exact) mass is 342 g/mol. The number of aryl methyl sites for hydroxylation is 1. The molecule has 6 heteroatoms. The van der Waals surface area contributed by atoms with Gasteiger partial charge in [0.1, 0.15) is 5.82 Å². The van der Waals surface area contributed by atoms with Gasteiger partial charge in [-0.2, -0.15) is 0 Å². The molecule has 1 saturated heterocycles. The van der Waals surface area contributed by atoms with E-state index >= 15 is 0 Å². The van der Waals surface area contributed by atoms with Gasteiger partial charge in [0, 0.05) is 11.3 Å². The molecule has 0 bridgehead atoms. The Labute approximate surface area is 143 Å². The van der Waals surface area contributed by atoms with Crippen LogP contribution in [0.25, 0.3) is 6.08 Å². The summed E-state index contributed by atoms with van der Waals surface area (Å²) in [6.07, 6.45) is 1.41. The lowest BCUT2D eigenvalue weighted by Crippen LogP contribution is -2.33. The molecule has 1 aliphatic rings. The smallest absolute Gasteiger partial charge is 0.295 e. The van der Waals surface area contributed by atoms with Crippen LogP contribution in [0.15, 0.2) is 53.4 Å². The Balaban J connectivity index is 1.75. The largest absolute Gasteiger partial charge is 0.367 e. The predicted octanol–water partition coefficient (Wildman–Crippen LogP) is 4.24. The molecule has 0 saturated carbocycles. The minimum absolute atomic E-state index is 0.0735. The SMILES string of the molecule is Cc1ccccc1NCN1C(=O)S/C(=C/c2ccccc2F)C1=O. The van der Waals surface area contributed by atoms with E-state index in [0.29, 0.717) is 0 Å². The van der Waals surface area contributed by atoms with Gasteiger partial charge in [0.05, 0.1) is 11.6 Å². The Hall–Kier alpha value is -2.60. The first-order valence-corrected chi connectivity index (χ1v) is 8.17. The van der Waals surface area contributed by atoms with Crippen LogP contribution in [0.2, 0.25) is 0 Å². The number of rotatable bonds is 4. The minimum atomic E-state index is -0.428. The van der Waals surface area contributed by atoms with Crippen LogP contribution in [0, 0.1) is 12.7 Å². The number of nitrogens with zero attached hydrogens (tertiary/aromatic N) is 1. The fourth-order valence-electron chi connectivity index (χ4n) is 2.31. The van der Waals surface area contributed by atoms with E-state index in [9.17, 15) is 14.0 Å². The van der Waals surface area contributed by atoms with Gasteiger partial charge in [0.25, 0.3) is 11.1 Å². The van der Waals surface area contributed by atoms with Gasteiger partial charge in [-0.1, -0.05) is 36.4 Å². The Bertz CT molecular complexity index is 835. The van der Waals surface area contributed by atoms with Gasteiger partial charge in [0.2, 0.25) is 0 Å². The second-order valence-electron chi connectivity index (χ2n) is 5.28. The molecule has 2 amide bonds. The Morgan fingerprint density at radius 3 is 2.58 bits per heavy atom. The number of carbonyl (C=O) groups is 2. The van der Waals surface area contributed by atoms with Crippen molar-refractivity contribution >= 4 is 34.7 Å². The Morgan fingerprint density at radius 1 is 1.12 bits per heavy atom. The van der Waals surface area contributed by atoms with Crippen molar-refractivity contribution in [2.45, 2.75) is 6.92 Å². The van der Waals surface area contributed by atoms with Gasteiger partial charge < -0.3 is 5.32 Å². The molecule has 0 spiro atoms. The van der Waals surface area contributed by atoms with Crippen LogP contribution < -0.4 is 5.32 Å². The average Bonchev–Trinajstić information content (AvgIpc) is 2.83. The zero-order valence-corrected chi connectivity index (χ0v) is 13.8. The average molecular weight is 342 g/mol. The van der Waals surface area contributed by atoms with E-state index < -0.39 is 11.7 Å². The third kappa shape index (κ3) is 3.33. The van der Waals surface area contributed by atoms with E-state index in [0.717, 1.165) is 27.9 Å². The van der Waals surface area contributed by atoms with Crippen LogP contribution in [0.3, 0.4) is 0 Å². The van der Waals surface area contributed by atoms with Crippen molar-refractivity contribution in [2.75, 3.05) is 12.0 Å². The van der Waals surface area contributed by atoms with E-state index in [2.05, 4.69) is 5.32 Å². The lowest BCUT2D eigenvalue weighted by Gasteiger charge is -2.15. The summed E-state index contributed by atoms with van der Waals surface area (Å²) in [6.45, 7) is 2.01. The van der Waals surface area contributed by atoms with Crippen LogP contribution in [-0.2, 0) is 4.79 Å². The molecule has 122 valence electrons. The van der Waals surface area contributed by atoms with E-state index in [-0.39, 0.29) is 22.4 Å². The van der Waals surface area contributed by atoms with Crippen molar-refractivity contribution in [1.82, 2.24) is 4.90 Å².